The Kier molecular flexibility index (Phi) is 3.36. The SMILES string of the molecule is [2H]C([2H])(CC)S(=O)(=O)OC1=C(N)O[C@]([2H])(c2ccc(Cl)cc2)C1=O. The van der Waals surface area contributed by atoms with Crippen LogP contribution in [0.3, 0.4) is 0 Å². The number of benzene rings is 1. The molecule has 0 aromatic heterocycles. The molecular formula is C13H14ClNO5S. The van der Waals surface area contributed by atoms with Gasteiger partial charge in [-0.2, -0.15) is 8.42 Å². The summed E-state index contributed by atoms with van der Waals surface area (Å²) >= 11 is 5.74. The van der Waals surface area contributed by atoms with Gasteiger partial charge in [0.05, 0.1) is 7.08 Å². The van der Waals surface area contributed by atoms with Gasteiger partial charge >= 0.3 is 10.1 Å². The van der Waals surface area contributed by atoms with Crippen LogP contribution in [0.1, 0.15) is 29.1 Å². The summed E-state index contributed by atoms with van der Waals surface area (Å²) in [5.41, 5.74) is 2.82. The Hall–Kier alpha value is -1.73. The highest BCUT2D eigenvalue weighted by Crippen LogP contribution is 2.32. The Morgan fingerprint density at radius 2 is 2.10 bits per heavy atom. The van der Waals surface area contributed by atoms with E-state index in [2.05, 4.69) is 4.18 Å². The maximum absolute atomic E-state index is 12.4. The molecule has 0 radical (unpaired) electrons. The number of ether oxygens (including phenoxy) is 1. The first kappa shape index (κ1) is 11.9. The molecule has 21 heavy (non-hydrogen) atoms. The normalized spacial score (nSPS) is 25.0. The summed E-state index contributed by atoms with van der Waals surface area (Å²) in [6.45, 7) is 1.30. The summed E-state index contributed by atoms with van der Waals surface area (Å²) < 4.78 is 56.5. The van der Waals surface area contributed by atoms with Crippen molar-refractivity contribution in [2.24, 2.45) is 5.73 Å². The summed E-state index contributed by atoms with van der Waals surface area (Å²) in [5.74, 6) is -2.78. The lowest BCUT2D eigenvalue weighted by molar-refractivity contribution is -0.123. The van der Waals surface area contributed by atoms with Gasteiger partial charge in [-0.3, -0.25) is 4.79 Å². The molecule has 1 heterocycles. The number of hydrogen-bond acceptors (Lipinski definition) is 6. The third-order valence-corrected chi connectivity index (χ3v) is 3.75. The molecule has 0 saturated heterocycles. The van der Waals surface area contributed by atoms with Crippen molar-refractivity contribution in [3.63, 3.8) is 0 Å². The molecule has 0 saturated carbocycles. The van der Waals surface area contributed by atoms with Gasteiger partial charge in [0.15, 0.2) is 6.08 Å². The van der Waals surface area contributed by atoms with Crippen LogP contribution in [-0.2, 0) is 23.8 Å². The standard InChI is InChI=1S/C13H14ClNO5S/c1-2-7-21(17,18)20-12-10(16)11(19-13(12)15)8-3-5-9(14)6-4-8/h3-6,11H,2,7,15H2,1H3/t11-/m1/s1/i7D2,11D. The number of Topliss-reactive ketones (excluding diaryl/α,β-unsaturated/α-hetero) is 1. The third-order valence-electron chi connectivity index (χ3n) is 2.47. The molecule has 0 unspecified atom stereocenters. The van der Waals surface area contributed by atoms with Crippen LogP contribution in [0.4, 0.5) is 0 Å². The average molecular weight is 335 g/mol. The maximum atomic E-state index is 12.4. The van der Waals surface area contributed by atoms with E-state index in [1.807, 2.05) is 0 Å². The number of nitrogens with two attached hydrogens (primary N) is 1. The Labute approximate surface area is 131 Å². The van der Waals surface area contributed by atoms with Gasteiger partial charge < -0.3 is 14.7 Å². The monoisotopic (exact) mass is 334 g/mol. The van der Waals surface area contributed by atoms with Crippen LogP contribution in [0.2, 0.25) is 5.02 Å². The second-order valence-corrected chi connectivity index (χ2v) is 5.80. The Balaban J connectivity index is 2.36. The molecule has 0 fully saturated rings. The van der Waals surface area contributed by atoms with Gasteiger partial charge in [-0.25, -0.2) is 0 Å². The minimum absolute atomic E-state index is 0.0642. The topological polar surface area (TPSA) is 95.7 Å². The minimum atomic E-state index is -4.81. The summed E-state index contributed by atoms with van der Waals surface area (Å²) in [6, 6.07) is 5.54. The van der Waals surface area contributed by atoms with Crippen LogP contribution < -0.4 is 5.73 Å². The molecule has 0 aliphatic carbocycles. The van der Waals surface area contributed by atoms with Crippen molar-refractivity contribution < 1.29 is 26.2 Å². The highest BCUT2D eigenvalue weighted by molar-refractivity contribution is 7.86. The van der Waals surface area contributed by atoms with Crippen molar-refractivity contribution in [1.82, 2.24) is 0 Å². The first-order valence-corrected chi connectivity index (χ1v) is 7.67. The van der Waals surface area contributed by atoms with Crippen molar-refractivity contribution in [2.75, 3.05) is 5.70 Å². The van der Waals surface area contributed by atoms with Crippen LogP contribution >= 0.6 is 11.6 Å². The molecule has 114 valence electrons. The molecule has 2 rings (SSSR count). The van der Waals surface area contributed by atoms with E-state index in [-0.39, 0.29) is 5.56 Å². The van der Waals surface area contributed by atoms with E-state index in [4.69, 9.17) is 26.2 Å². The van der Waals surface area contributed by atoms with Gasteiger partial charge in [0.1, 0.15) is 0 Å². The van der Waals surface area contributed by atoms with Crippen LogP contribution in [0.5, 0.6) is 0 Å². The number of carbonyl (C=O) groups excluding carboxylic acids is 1. The first-order chi connectivity index (χ1) is 10.9. The molecule has 2 N–H and O–H groups in total. The fourth-order valence-corrected chi connectivity index (χ4v) is 2.52. The lowest BCUT2D eigenvalue weighted by Crippen LogP contribution is -2.16. The second kappa shape index (κ2) is 5.95. The number of hydrogen-bond donors (Lipinski definition) is 1. The molecule has 1 aromatic rings. The lowest BCUT2D eigenvalue weighted by Gasteiger charge is -2.09. The zero-order valence-corrected chi connectivity index (χ0v) is 12.5. The summed E-state index contributed by atoms with van der Waals surface area (Å²) in [6.07, 6.45) is -2.74. The summed E-state index contributed by atoms with van der Waals surface area (Å²) in [7, 11) is -4.81. The fourth-order valence-electron chi connectivity index (χ4n) is 1.60. The van der Waals surface area contributed by atoms with E-state index in [9.17, 15) is 13.2 Å². The number of carbonyl (C=O) groups is 1. The zero-order valence-electron chi connectivity index (χ0n) is 13.9. The van der Waals surface area contributed by atoms with Crippen molar-refractivity contribution in [2.45, 2.75) is 19.4 Å². The van der Waals surface area contributed by atoms with Gasteiger partial charge in [0.25, 0.3) is 0 Å². The van der Waals surface area contributed by atoms with Gasteiger partial charge in [-0.05, 0) is 18.6 Å². The molecule has 1 aliphatic rings. The van der Waals surface area contributed by atoms with Gasteiger partial charge in [0.2, 0.25) is 17.4 Å². The summed E-state index contributed by atoms with van der Waals surface area (Å²) in [4.78, 5) is 12.4. The number of ketones is 1. The zero-order chi connectivity index (χ0) is 18.3. The smallest absolute Gasteiger partial charge is 0.309 e. The Morgan fingerprint density at radius 3 is 2.67 bits per heavy atom. The predicted octanol–water partition coefficient (Wildman–Crippen LogP) is 1.86. The number of rotatable bonds is 5. The van der Waals surface area contributed by atoms with E-state index >= 15 is 0 Å². The molecule has 0 spiro atoms. The predicted molar refractivity (Wildman–Crippen MR) is 76.7 cm³/mol. The molecule has 1 atom stereocenters. The molecule has 6 nitrogen and oxygen atoms in total. The highest BCUT2D eigenvalue weighted by Gasteiger charge is 2.39. The molecular weight excluding hydrogens is 318 g/mol. The average Bonchev–Trinajstić information content (AvgIpc) is 2.72. The van der Waals surface area contributed by atoms with Crippen molar-refractivity contribution in [3.05, 3.63) is 46.5 Å². The molecule has 0 bridgehead atoms. The highest BCUT2D eigenvalue weighted by atomic mass is 35.5. The van der Waals surface area contributed by atoms with Crippen molar-refractivity contribution in [3.8, 4) is 0 Å². The van der Waals surface area contributed by atoms with E-state index in [1.165, 1.54) is 31.2 Å². The van der Waals surface area contributed by atoms with Gasteiger partial charge in [0, 0.05) is 13.3 Å². The Bertz CT molecular complexity index is 809. The van der Waals surface area contributed by atoms with E-state index < -0.39 is 45.7 Å². The second-order valence-electron chi connectivity index (χ2n) is 4.00. The first-order valence-electron chi connectivity index (χ1n) is 7.38. The van der Waals surface area contributed by atoms with Crippen molar-refractivity contribution in [1.29, 1.82) is 0 Å². The number of halogens is 1. The van der Waals surface area contributed by atoms with Crippen LogP contribution in [0, 0.1) is 0 Å². The van der Waals surface area contributed by atoms with Crippen molar-refractivity contribution >= 4 is 27.5 Å². The van der Waals surface area contributed by atoms with E-state index in [1.54, 1.807) is 0 Å². The van der Waals surface area contributed by atoms with Gasteiger partial charge in [-0.15, -0.1) is 0 Å². The van der Waals surface area contributed by atoms with Crippen LogP contribution in [0.15, 0.2) is 35.9 Å². The van der Waals surface area contributed by atoms with Crippen LogP contribution in [-0.4, -0.2) is 19.9 Å². The van der Waals surface area contributed by atoms with Crippen LogP contribution in [0.25, 0.3) is 0 Å². The lowest BCUT2D eigenvalue weighted by atomic mass is 10.1. The maximum Gasteiger partial charge on any atom is 0.309 e. The van der Waals surface area contributed by atoms with E-state index in [0.717, 1.165) is 0 Å². The van der Waals surface area contributed by atoms with Gasteiger partial charge in [-0.1, -0.05) is 30.7 Å². The molecule has 1 aromatic carbocycles. The molecule has 1 aliphatic heterocycles. The fraction of sp³-hybridized carbons (Fsp3) is 0.308. The quantitative estimate of drug-likeness (QED) is 0.826. The Morgan fingerprint density at radius 1 is 1.48 bits per heavy atom. The minimum Gasteiger partial charge on any atom is -0.460 e. The molecule has 0 amide bonds. The summed E-state index contributed by atoms with van der Waals surface area (Å²) in [5, 5.41) is 0.365. The molecule has 8 heteroatoms. The largest absolute Gasteiger partial charge is 0.460 e. The van der Waals surface area contributed by atoms with E-state index in [0.29, 0.717) is 5.02 Å². The third kappa shape index (κ3) is 3.48.